The number of nitrogens with two attached hydrogens (primary N) is 1. The van der Waals surface area contributed by atoms with Gasteiger partial charge in [-0.15, -0.1) is 0 Å². The molecule has 2 nitrogen and oxygen atoms in total. The zero-order chi connectivity index (χ0) is 12.3. The number of hydrogen-bond donors (Lipinski definition) is 1. The lowest BCUT2D eigenvalue weighted by molar-refractivity contribution is 0.614. The second-order valence-electron chi connectivity index (χ2n) is 4.83. The van der Waals surface area contributed by atoms with Crippen molar-refractivity contribution in [3.8, 4) is 0 Å². The van der Waals surface area contributed by atoms with Crippen molar-refractivity contribution in [1.29, 1.82) is 0 Å². The van der Waals surface area contributed by atoms with E-state index >= 15 is 0 Å². The molecular weight excluding hydrogens is 232 g/mol. The van der Waals surface area contributed by atoms with Gasteiger partial charge in [0.2, 0.25) is 0 Å². The van der Waals surface area contributed by atoms with Crippen LogP contribution < -0.4 is 10.6 Å². The molecule has 3 heteroatoms. The molecule has 1 fully saturated rings. The maximum Gasteiger partial charge on any atom is 0.0471 e. The van der Waals surface area contributed by atoms with Crippen molar-refractivity contribution in [3.05, 3.63) is 28.8 Å². The Morgan fingerprint density at radius 2 is 2.18 bits per heavy atom. The van der Waals surface area contributed by atoms with E-state index in [1.54, 1.807) is 0 Å². The molecule has 0 aromatic heterocycles. The second kappa shape index (κ2) is 5.74. The van der Waals surface area contributed by atoms with Crippen LogP contribution >= 0.6 is 11.6 Å². The normalized spacial score (nSPS) is 21.4. The molecule has 1 aromatic carbocycles. The Labute approximate surface area is 109 Å². The molecule has 0 saturated carbocycles. The highest BCUT2D eigenvalue weighted by Gasteiger charge is 2.20. The summed E-state index contributed by atoms with van der Waals surface area (Å²) < 4.78 is 0. The fourth-order valence-corrected chi connectivity index (χ4v) is 2.90. The Morgan fingerprint density at radius 3 is 2.94 bits per heavy atom. The molecular formula is C14H21ClN2. The van der Waals surface area contributed by atoms with Crippen LogP contribution in [0, 0.1) is 0 Å². The van der Waals surface area contributed by atoms with Crippen molar-refractivity contribution in [2.75, 3.05) is 11.4 Å². The van der Waals surface area contributed by atoms with Gasteiger partial charge in [0, 0.05) is 35.4 Å². The van der Waals surface area contributed by atoms with Crippen molar-refractivity contribution < 1.29 is 0 Å². The highest BCUT2D eigenvalue weighted by molar-refractivity contribution is 6.31. The highest BCUT2D eigenvalue weighted by atomic mass is 35.5. The molecule has 1 aliphatic heterocycles. The van der Waals surface area contributed by atoms with Crippen LogP contribution in [-0.4, -0.2) is 12.6 Å². The first-order valence-corrected chi connectivity index (χ1v) is 6.86. The van der Waals surface area contributed by atoms with Gasteiger partial charge in [0.25, 0.3) is 0 Å². The van der Waals surface area contributed by atoms with Gasteiger partial charge in [0.1, 0.15) is 0 Å². The van der Waals surface area contributed by atoms with Gasteiger partial charge >= 0.3 is 0 Å². The third kappa shape index (κ3) is 2.75. The van der Waals surface area contributed by atoms with Crippen LogP contribution in [0.5, 0.6) is 0 Å². The molecule has 1 atom stereocenters. The first-order chi connectivity index (χ1) is 8.24. The molecule has 0 spiro atoms. The summed E-state index contributed by atoms with van der Waals surface area (Å²) in [5.74, 6) is 0. The van der Waals surface area contributed by atoms with Crippen molar-refractivity contribution >= 4 is 17.3 Å². The highest BCUT2D eigenvalue weighted by Crippen LogP contribution is 2.31. The molecule has 0 radical (unpaired) electrons. The molecule has 0 aliphatic carbocycles. The molecule has 94 valence electrons. The minimum Gasteiger partial charge on any atom is -0.369 e. The summed E-state index contributed by atoms with van der Waals surface area (Å²) in [5.41, 5.74) is 8.15. The molecule has 17 heavy (non-hydrogen) atoms. The molecule has 1 aliphatic rings. The molecule has 1 heterocycles. The zero-order valence-electron chi connectivity index (χ0n) is 10.5. The molecule has 2 N–H and O–H groups in total. The zero-order valence-corrected chi connectivity index (χ0v) is 11.2. The maximum absolute atomic E-state index is 6.23. The third-order valence-electron chi connectivity index (χ3n) is 3.66. The smallest absolute Gasteiger partial charge is 0.0471 e. The van der Waals surface area contributed by atoms with E-state index in [4.69, 9.17) is 17.3 Å². The molecule has 2 rings (SSSR count). The van der Waals surface area contributed by atoms with Gasteiger partial charge in [-0.25, -0.2) is 0 Å². The number of rotatable bonds is 2. The monoisotopic (exact) mass is 252 g/mol. The van der Waals surface area contributed by atoms with Crippen LogP contribution in [0.3, 0.4) is 0 Å². The fraction of sp³-hybridized carbons (Fsp3) is 0.571. The number of benzene rings is 1. The minimum atomic E-state index is 0.512. The molecule has 1 unspecified atom stereocenters. The largest absolute Gasteiger partial charge is 0.369 e. The average molecular weight is 253 g/mol. The molecule has 0 bridgehead atoms. The van der Waals surface area contributed by atoms with Gasteiger partial charge in [0.05, 0.1) is 0 Å². The summed E-state index contributed by atoms with van der Waals surface area (Å²) in [7, 11) is 0. The van der Waals surface area contributed by atoms with Crippen molar-refractivity contribution in [2.45, 2.75) is 45.2 Å². The maximum atomic E-state index is 6.23. The average Bonchev–Trinajstić information content (AvgIpc) is 2.53. The summed E-state index contributed by atoms with van der Waals surface area (Å²) in [4.78, 5) is 2.47. The van der Waals surface area contributed by atoms with Crippen LogP contribution in [0.2, 0.25) is 5.02 Å². The van der Waals surface area contributed by atoms with E-state index in [1.807, 2.05) is 12.1 Å². The van der Waals surface area contributed by atoms with Crippen molar-refractivity contribution in [2.24, 2.45) is 5.73 Å². The van der Waals surface area contributed by atoms with Crippen molar-refractivity contribution in [3.63, 3.8) is 0 Å². The Kier molecular flexibility index (Phi) is 4.30. The summed E-state index contributed by atoms with van der Waals surface area (Å²) >= 11 is 6.23. The Morgan fingerprint density at radius 1 is 1.35 bits per heavy atom. The quantitative estimate of drug-likeness (QED) is 0.872. The van der Waals surface area contributed by atoms with Crippen molar-refractivity contribution in [1.82, 2.24) is 0 Å². The Balaban J connectivity index is 2.34. The van der Waals surface area contributed by atoms with E-state index in [9.17, 15) is 0 Å². The van der Waals surface area contributed by atoms with Crippen LogP contribution in [0.15, 0.2) is 18.2 Å². The van der Waals surface area contributed by atoms with E-state index in [0.717, 1.165) is 17.1 Å². The molecule has 1 aromatic rings. The predicted molar refractivity (Wildman–Crippen MR) is 74.6 cm³/mol. The summed E-state index contributed by atoms with van der Waals surface area (Å²) in [6.45, 7) is 3.93. The first-order valence-electron chi connectivity index (χ1n) is 6.48. The van der Waals surface area contributed by atoms with Gasteiger partial charge in [-0.05, 0) is 31.9 Å². The fourth-order valence-electron chi connectivity index (χ4n) is 2.65. The van der Waals surface area contributed by atoms with Gasteiger partial charge in [-0.1, -0.05) is 30.5 Å². The minimum absolute atomic E-state index is 0.512. The lowest BCUT2D eigenvalue weighted by Crippen LogP contribution is -2.33. The number of hydrogen-bond acceptors (Lipinski definition) is 2. The summed E-state index contributed by atoms with van der Waals surface area (Å²) in [6, 6.07) is 6.68. The number of anilines is 1. The van der Waals surface area contributed by atoms with Gasteiger partial charge in [-0.2, -0.15) is 0 Å². The number of halogens is 1. The van der Waals surface area contributed by atoms with E-state index in [-0.39, 0.29) is 0 Å². The SMILES string of the molecule is CC1CCCCCN1c1cccc(Cl)c1CN. The predicted octanol–water partition coefficient (Wildman–Crippen LogP) is 3.57. The first kappa shape index (κ1) is 12.7. The van der Waals surface area contributed by atoms with Crippen LogP contribution in [0.1, 0.15) is 38.2 Å². The van der Waals surface area contributed by atoms with E-state index in [2.05, 4.69) is 17.9 Å². The number of nitrogens with zero attached hydrogens (tertiary/aromatic N) is 1. The van der Waals surface area contributed by atoms with Crippen LogP contribution in [0.25, 0.3) is 0 Å². The second-order valence-corrected chi connectivity index (χ2v) is 5.24. The molecule has 0 amide bonds. The molecule has 1 saturated heterocycles. The van der Waals surface area contributed by atoms with E-state index in [0.29, 0.717) is 12.6 Å². The summed E-state index contributed by atoms with van der Waals surface area (Å²) in [5, 5.41) is 0.793. The lowest BCUT2D eigenvalue weighted by Gasteiger charge is -2.31. The van der Waals surface area contributed by atoms with Gasteiger partial charge in [0.15, 0.2) is 0 Å². The lowest BCUT2D eigenvalue weighted by atomic mass is 10.1. The topological polar surface area (TPSA) is 29.3 Å². The van der Waals surface area contributed by atoms with Gasteiger partial charge in [-0.3, -0.25) is 0 Å². The van der Waals surface area contributed by atoms with Crippen LogP contribution in [0.4, 0.5) is 5.69 Å². The summed E-state index contributed by atoms with van der Waals surface area (Å²) in [6.07, 6.45) is 5.19. The van der Waals surface area contributed by atoms with E-state index in [1.165, 1.54) is 31.4 Å². The Hall–Kier alpha value is -0.730. The van der Waals surface area contributed by atoms with E-state index < -0.39 is 0 Å². The Bertz CT molecular complexity index is 378. The van der Waals surface area contributed by atoms with Crippen LogP contribution in [-0.2, 0) is 6.54 Å². The third-order valence-corrected chi connectivity index (χ3v) is 4.01. The standard InChI is InChI=1S/C14H21ClN2/c1-11-6-3-2-4-9-17(11)14-8-5-7-13(15)12(14)10-16/h5,7-8,11H,2-4,6,9-10,16H2,1H3. The van der Waals surface area contributed by atoms with Gasteiger partial charge < -0.3 is 10.6 Å².